The molecule has 0 saturated carbocycles. The van der Waals surface area contributed by atoms with Crippen LogP contribution in [0.4, 0.5) is 4.79 Å². The van der Waals surface area contributed by atoms with Crippen LogP contribution in [0.15, 0.2) is 82.2 Å². The van der Waals surface area contributed by atoms with Gasteiger partial charge in [-0.1, -0.05) is 70.0 Å². The van der Waals surface area contributed by atoms with Crippen molar-refractivity contribution >= 4 is 56.5 Å². The Labute approximate surface area is 198 Å². The first-order valence-electron chi connectivity index (χ1n) is 9.46. The number of hydrogen-bond acceptors (Lipinski definition) is 4. The van der Waals surface area contributed by atoms with Gasteiger partial charge < -0.3 is 4.74 Å². The van der Waals surface area contributed by atoms with E-state index in [4.69, 9.17) is 16.3 Å². The van der Waals surface area contributed by atoms with E-state index in [9.17, 15) is 9.59 Å². The molecule has 31 heavy (non-hydrogen) atoms. The topological polar surface area (TPSA) is 46.6 Å². The van der Waals surface area contributed by atoms with E-state index in [1.165, 1.54) is 4.90 Å². The van der Waals surface area contributed by atoms with Crippen molar-refractivity contribution < 1.29 is 14.3 Å². The van der Waals surface area contributed by atoms with Crippen LogP contribution in [0.5, 0.6) is 5.75 Å². The molecular formula is C24H17BrClNO3S. The number of ether oxygens (including phenoxy) is 1. The van der Waals surface area contributed by atoms with E-state index in [2.05, 4.69) is 15.9 Å². The van der Waals surface area contributed by atoms with Crippen LogP contribution in [0.1, 0.15) is 16.7 Å². The van der Waals surface area contributed by atoms with Crippen molar-refractivity contribution in [2.24, 2.45) is 0 Å². The third-order valence-corrected chi connectivity index (χ3v) is 6.59. The fourth-order valence-electron chi connectivity index (χ4n) is 2.99. The van der Waals surface area contributed by atoms with Crippen molar-refractivity contribution in [3.63, 3.8) is 0 Å². The number of rotatable bonds is 6. The average molecular weight is 515 g/mol. The molecule has 0 aliphatic carbocycles. The van der Waals surface area contributed by atoms with Gasteiger partial charge in [0.05, 0.1) is 11.4 Å². The van der Waals surface area contributed by atoms with E-state index in [1.807, 2.05) is 72.8 Å². The number of carbonyl (C=O) groups excluding carboxylic acids is 2. The van der Waals surface area contributed by atoms with Crippen LogP contribution in [0, 0.1) is 0 Å². The summed E-state index contributed by atoms with van der Waals surface area (Å²) >= 11 is 10.3. The SMILES string of the molecule is O=C1S/C(=C/c2ccc(OCc3ccc(Cl)cc3)cc2)C(=O)N1Cc1ccccc1Br. The van der Waals surface area contributed by atoms with Gasteiger partial charge in [0.25, 0.3) is 11.1 Å². The Hall–Kier alpha value is -2.54. The first-order chi connectivity index (χ1) is 15.0. The number of hydrogen-bond donors (Lipinski definition) is 0. The van der Waals surface area contributed by atoms with E-state index in [-0.39, 0.29) is 17.7 Å². The highest BCUT2D eigenvalue weighted by Crippen LogP contribution is 2.34. The van der Waals surface area contributed by atoms with E-state index in [1.54, 1.807) is 6.08 Å². The number of benzene rings is 3. The van der Waals surface area contributed by atoms with Crippen LogP contribution in [-0.2, 0) is 17.9 Å². The molecule has 156 valence electrons. The lowest BCUT2D eigenvalue weighted by Gasteiger charge is -2.13. The molecule has 1 aliphatic rings. The largest absolute Gasteiger partial charge is 0.489 e. The number of halogens is 2. The monoisotopic (exact) mass is 513 g/mol. The molecule has 3 aromatic carbocycles. The maximum Gasteiger partial charge on any atom is 0.293 e. The quantitative estimate of drug-likeness (QED) is 0.335. The minimum absolute atomic E-state index is 0.237. The standard InChI is InChI=1S/C24H17BrClNO3S/c25-21-4-2-1-3-18(21)14-27-23(28)22(31-24(27)29)13-16-7-11-20(12-8-16)30-15-17-5-9-19(26)10-6-17/h1-13H,14-15H2/b22-13+. The molecule has 1 fully saturated rings. The molecule has 1 saturated heterocycles. The van der Waals surface area contributed by atoms with Crippen molar-refractivity contribution in [2.75, 3.05) is 0 Å². The second-order valence-electron chi connectivity index (χ2n) is 6.84. The van der Waals surface area contributed by atoms with Gasteiger partial charge in [0.15, 0.2) is 0 Å². The molecule has 0 radical (unpaired) electrons. The molecule has 0 N–H and O–H groups in total. The first-order valence-corrected chi connectivity index (χ1v) is 11.4. The predicted molar refractivity (Wildman–Crippen MR) is 128 cm³/mol. The third-order valence-electron chi connectivity index (χ3n) is 4.66. The molecule has 0 atom stereocenters. The van der Waals surface area contributed by atoms with Gasteiger partial charge in [-0.3, -0.25) is 14.5 Å². The maximum atomic E-state index is 12.8. The van der Waals surface area contributed by atoms with Crippen LogP contribution < -0.4 is 4.74 Å². The van der Waals surface area contributed by atoms with Crippen molar-refractivity contribution in [1.82, 2.24) is 4.90 Å². The third kappa shape index (κ3) is 5.39. The summed E-state index contributed by atoms with van der Waals surface area (Å²) in [6, 6.07) is 22.4. The zero-order chi connectivity index (χ0) is 21.8. The molecule has 7 heteroatoms. The summed E-state index contributed by atoms with van der Waals surface area (Å²) < 4.78 is 6.65. The Kier molecular flexibility index (Phi) is 6.80. The van der Waals surface area contributed by atoms with Crippen LogP contribution in [-0.4, -0.2) is 16.0 Å². The highest BCUT2D eigenvalue weighted by molar-refractivity contribution is 9.10. The van der Waals surface area contributed by atoms with E-state index < -0.39 is 0 Å². The van der Waals surface area contributed by atoms with E-state index >= 15 is 0 Å². The van der Waals surface area contributed by atoms with E-state index in [0.29, 0.717) is 22.3 Å². The average Bonchev–Trinajstić information content (AvgIpc) is 3.03. The number of amides is 2. The van der Waals surface area contributed by atoms with Gasteiger partial charge in [0.1, 0.15) is 12.4 Å². The molecule has 3 aromatic rings. The van der Waals surface area contributed by atoms with Gasteiger partial charge in [-0.25, -0.2) is 0 Å². The van der Waals surface area contributed by atoms with Gasteiger partial charge in [0, 0.05) is 9.50 Å². The van der Waals surface area contributed by atoms with Gasteiger partial charge in [-0.05, 0) is 64.9 Å². The second kappa shape index (κ2) is 9.73. The van der Waals surface area contributed by atoms with Crippen molar-refractivity contribution in [1.29, 1.82) is 0 Å². The number of carbonyl (C=O) groups is 2. The summed E-state index contributed by atoms with van der Waals surface area (Å²) in [7, 11) is 0. The zero-order valence-electron chi connectivity index (χ0n) is 16.3. The molecule has 4 nitrogen and oxygen atoms in total. The Balaban J connectivity index is 1.41. The van der Waals surface area contributed by atoms with Crippen molar-refractivity contribution in [3.05, 3.63) is 104 Å². The predicted octanol–water partition coefficient (Wildman–Crippen LogP) is 6.92. The molecule has 1 heterocycles. The Morgan fingerprint density at radius 1 is 0.968 bits per heavy atom. The lowest BCUT2D eigenvalue weighted by Crippen LogP contribution is -2.27. The molecule has 0 spiro atoms. The lowest BCUT2D eigenvalue weighted by molar-refractivity contribution is -0.123. The first kappa shape index (κ1) is 21.7. The van der Waals surface area contributed by atoms with Gasteiger partial charge in [-0.2, -0.15) is 0 Å². The summed E-state index contributed by atoms with van der Waals surface area (Å²) in [5.74, 6) is 0.433. The van der Waals surface area contributed by atoms with Gasteiger partial charge in [0.2, 0.25) is 0 Å². The van der Waals surface area contributed by atoms with Crippen LogP contribution in [0.3, 0.4) is 0 Å². The van der Waals surface area contributed by atoms with Crippen molar-refractivity contribution in [3.8, 4) is 5.75 Å². The summed E-state index contributed by atoms with van der Waals surface area (Å²) in [5.41, 5.74) is 2.73. The fourth-order valence-corrected chi connectivity index (χ4v) is 4.37. The molecule has 1 aliphatic heterocycles. The second-order valence-corrected chi connectivity index (χ2v) is 9.13. The minimum Gasteiger partial charge on any atom is -0.489 e. The number of imide groups is 1. The van der Waals surface area contributed by atoms with Gasteiger partial charge >= 0.3 is 0 Å². The van der Waals surface area contributed by atoms with Gasteiger partial charge in [-0.15, -0.1) is 0 Å². The van der Waals surface area contributed by atoms with Crippen LogP contribution >= 0.6 is 39.3 Å². The molecule has 0 aromatic heterocycles. The lowest BCUT2D eigenvalue weighted by atomic mass is 10.2. The highest BCUT2D eigenvalue weighted by Gasteiger charge is 2.35. The highest BCUT2D eigenvalue weighted by atomic mass is 79.9. The summed E-state index contributed by atoms with van der Waals surface area (Å²) in [4.78, 5) is 26.8. The normalized spacial score (nSPS) is 15.0. The Morgan fingerprint density at radius 2 is 1.68 bits per heavy atom. The molecular weight excluding hydrogens is 498 g/mol. The molecule has 0 bridgehead atoms. The smallest absolute Gasteiger partial charge is 0.293 e. The molecule has 2 amide bonds. The summed E-state index contributed by atoms with van der Waals surface area (Å²) in [6.07, 6.45) is 1.73. The number of nitrogens with zero attached hydrogens (tertiary/aromatic N) is 1. The molecule has 4 rings (SSSR count). The maximum absolute atomic E-state index is 12.8. The Bertz CT molecular complexity index is 1150. The number of thioether (sulfide) groups is 1. The zero-order valence-corrected chi connectivity index (χ0v) is 19.4. The van der Waals surface area contributed by atoms with Crippen LogP contribution in [0.2, 0.25) is 5.02 Å². The molecule has 0 unspecified atom stereocenters. The minimum atomic E-state index is -0.284. The van der Waals surface area contributed by atoms with Crippen LogP contribution in [0.25, 0.3) is 6.08 Å². The summed E-state index contributed by atoms with van der Waals surface area (Å²) in [6.45, 7) is 0.672. The van der Waals surface area contributed by atoms with Crippen molar-refractivity contribution in [2.45, 2.75) is 13.2 Å². The van der Waals surface area contributed by atoms with E-state index in [0.717, 1.165) is 32.9 Å². The fraction of sp³-hybridized carbons (Fsp3) is 0.0833. The summed E-state index contributed by atoms with van der Waals surface area (Å²) in [5, 5.41) is 0.420. The Morgan fingerprint density at radius 3 is 2.39 bits per heavy atom.